The van der Waals surface area contributed by atoms with Gasteiger partial charge >= 0.3 is 6.18 Å². The molecule has 0 atom stereocenters. The van der Waals surface area contributed by atoms with Crippen LogP contribution in [0.5, 0.6) is 5.75 Å². The van der Waals surface area contributed by atoms with E-state index in [-0.39, 0.29) is 0 Å². The second kappa shape index (κ2) is 5.49. The van der Waals surface area contributed by atoms with Crippen molar-refractivity contribution in [1.82, 2.24) is 0 Å². The molecule has 2 aromatic rings. The summed E-state index contributed by atoms with van der Waals surface area (Å²) in [5, 5.41) is 9.12. The van der Waals surface area contributed by atoms with Gasteiger partial charge in [0.15, 0.2) is 0 Å². The average molecular weight is 291 g/mol. The van der Waals surface area contributed by atoms with Crippen LogP contribution in [0, 0.1) is 18.3 Å². The van der Waals surface area contributed by atoms with Gasteiger partial charge in [0.2, 0.25) is 0 Å². The minimum absolute atomic E-state index is 0.296. The number of alkyl halides is 3. The number of halogens is 3. The second-order valence-electron chi connectivity index (χ2n) is 4.56. The molecule has 2 nitrogen and oxygen atoms in total. The van der Waals surface area contributed by atoms with Crippen LogP contribution in [-0.2, 0) is 6.18 Å². The number of nitrogens with zero attached hydrogens (tertiary/aromatic N) is 1. The van der Waals surface area contributed by atoms with Crippen molar-refractivity contribution < 1.29 is 17.9 Å². The monoisotopic (exact) mass is 291 g/mol. The van der Waals surface area contributed by atoms with Gasteiger partial charge in [-0.05, 0) is 47.9 Å². The molecule has 108 valence electrons. The highest BCUT2D eigenvalue weighted by atomic mass is 19.4. The van der Waals surface area contributed by atoms with Crippen LogP contribution in [0.25, 0.3) is 11.1 Å². The maximum absolute atomic E-state index is 12.8. The first-order valence-corrected chi connectivity index (χ1v) is 6.13. The Morgan fingerprint density at radius 2 is 1.81 bits per heavy atom. The summed E-state index contributed by atoms with van der Waals surface area (Å²) in [4.78, 5) is 0. The molecule has 5 heteroatoms. The van der Waals surface area contributed by atoms with Gasteiger partial charge in [-0.3, -0.25) is 0 Å². The van der Waals surface area contributed by atoms with E-state index in [9.17, 15) is 13.2 Å². The molecule has 0 aliphatic carbocycles. The first-order chi connectivity index (χ1) is 9.86. The Bertz CT molecular complexity index is 714. The van der Waals surface area contributed by atoms with Crippen molar-refractivity contribution in [3.05, 3.63) is 53.1 Å². The van der Waals surface area contributed by atoms with E-state index in [1.807, 2.05) is 6.07 Å². The molecule has 0 saturated heterocycles. The Morgan fingerprint density at radius 3 is 2.38 bits per heavy atom. The molecule has 0 spiro atoms. The average Bonchev–Trinajstić information content (AvgIpc) is 2.45. The fraction of sp³-hybridized carbons (Fsp3) is 0.188. The van der Waals surface area contributed by atoms with Gasteiger partial charge in [-0.2, -0.15) is 18.4 Å². The minimum Gasteiger partial charge on any atom is -0.495 e. The van der Waals surface area contributed by atoms with Crippen molar-refractivity contribution in [3.63, 3.8) is 0 Å². The van der Waals surface area contributed by atoms with E-state index in [1.165, 1.54) is 19.2 Å². The predicted octanol–water partition coefficient (Wildman–Crippen LogP) is 4.56. The molecule has 2 rings (SSSR count). The molecule has 0 fully saturated rings. The van der Waals surface area contributed by atoms with Crippen LogP contribution in [0.1, 0.15) is 16.7 Å². The molecule has 0 aromatic heterocycles. The lowest BCUT2D eigenvalue weighted by molar-refractivity contribution is -0.137. The molecule has 0 saturated carbocycles. The van der Waals surface area contributed by atoms with Crippen molar-refractivity contribution in [2.45, 2.75) is 13.1 Å². The minimum atomic E-state index is -4.39. The van der Waals surface area contributed by atoms with Crippen LogP contribution < -0.4 is 4.74 Å². The van der Waals surface area contributed by atoms with Gasteiger partial charge < -0.3 is 4.74 Å². The number of hydrogen-bond acceptors (Lipinski definition) is 2. The summed E-state index contributed by atoms with van der Waals surface area (Å²) < 4.78 is 43.4. The molecule has 0 unspecified atom stereocenters. The van der Waals surface area contributed by atoms with Crippen molar-refractivity contribution in [2.24, 2.45) is 0 Å². The molecule has 0 bridgehead atoms. The molecule has 0 aliphatic rings. The molecule has 2 aromatic carbocycles. The second-order valence-corrected chi connectivity index (χ2v) is 4.56. The van der Waals surface area contributed by atoms with Gasteiger partial charge in [-0.15, -0.1) is 0 Å². The van der Waals surface area contributed by atoms with Gasteiger partial charge in [-0.25, -0.2) is 0 Å². The Labute approximate surface area is 120 Å². The molecule has 0 aliphatic heterocycles. The number of hydrogen-bond donors (Lipinski definition) is 0. The first-order valence-electron chi connectivity index (χ1n) is 6.13. The normalized spacial score (nSPS) is 11.0. The number of ether oxygens (including phenoxy) is 1. The van der Waals surface area contributed by atoms with Crippen molar-refractivity contribution in [3.8, 4) is 22.9 Å². The molecule has 0 amide bonds. The van der Waals surface area contributed by atoms with Crippen molar-refractivity contribution >= 4 is 0 Å². The summed E-state index contributed by atoms with van der Waals surface area (Å²) >= 11 is 0. The quantitative estimate of drug-likeness (QED) is 0.812. The third-order valence-corrected chi connectivity index (χ3v) is 3.12. The smallest absolute Gasteiger partial charge is 0.416 e. The predicted molar refractivity (Wildman–Crippen MR) is 72.9 cm³/mol. The maximum atomic E-state index is 12.8. The van der Waals surface area contributed by atoms with Crippen LogP contribution >= 0.6 is 0 Å². The number of methoxy groups -OCH3 is 1. The lowest BCUT2D eigenvalue weighted by Crippen LogP contribution is -2.04. The van der Waals surface area contributed by atoms with E-state index in [4.69, 9.17) is 10.00 Å². The van der Waals surface area contributed by atoms with Crippen LogP contribution in [-0.4, -0.2) is 7.11 Å². The van der Waals surface area contributed by atoms with Crippen LogP contribution in [0.15, 0.2) is 36.4 Å². The summed E-state index contributed by atoms with van der Waals surface area (Å²) in [7, 11) is 1.45. The van der Waals surface area contributed by atoms with Crippen molar-refractivity contribution in [1.29, 1.82) is 5.26 Å². The fourth-order valence-corrected chi connectivity index (χ4v) is 2.17. The highest BCUT2D eigenvalue weighted by Gasteiger charge is 2.30. The van der Waals surface area contributed by atoms with E-state index < -0.39 is 11.7 Å². The standard InChI is InChI=1S/C16H12F3NO/c1-10-6-12(7-13(9-20)15(10)21-2)11-4-3-5-14(8-11)16(17,18)19/h3-8H,1-2H3. The molecule has 21 heavy (non-hydrogen) atoms. The summed E-state index contributed by atoms with van der Waals surface area (Å²) in [6.07, 6.45) is -4.39. The summed E-state index contributed by atoms with van der Waals surface area (Å²) in [5.41, 5.74) is 1.24. The van der Waals surface area contributed by atoms with Crippen LogP contribution in [0.3, 0.4) is 0 Å². The number of nitriles is 1. The van der Waals surface area contributed by atoms with Crippen LogP contribution in [0.4, 0.5) is 13.2 Å². The number of aryl methyl sites for hydroxylation is 1. The Hall–Kier alpha value is -2.48. The van der Waals surface area contributed by atoms with Gasteiger partial charge in [-0.1, -0.05) is 12.1 Å². The lowest BCUT2D eigenvalue weighted by atomic mass is 9.98. The van der Waals surface area contributed by atoms with Gasteiger partial charge in [0.1, 0.15) is 11.8 Å². The van der Waals surface area contributed by atoms with Gasteiger partial charge in [0, 0.05) is 0 Å². The molecular formula is C16H12F3NO. The van der Waals surface area contributed by atoms with Crippen LogP contribution in [0.2, 0.25) is 0 Å². The highest BCUT2D eigenvalue weighted by molar-refractivity contribution is 5.69. The SMILES string of the molecule is COc1c(C)cc(-c2cccc(C(F)(F)F)c2)cc1C#N. The Morgan fingerprint density at radius 1 is 1.10 bits per heavy atom. The molecule has 0 heterocycles. The molecule has 0 N–H and O–H groups in total. The molecule has 0 radical (unpaired) electrons. The Kier molecular flexibility index (Phi) is 3.90. The highest BCUT2D eigenvalue weighted by Crippen LogP contribution is 2.34. The lowest BCUT2D eigenvalue weighted by Gasteiger charge is -2.12. The first kappa shape index (κ1) is 14.9. The zero-order valence-electron chi connectivity index (χ0n) is 11.5. The van der Waals surface area contributed by atoms with Gasteiger partial charge in [0.25, 0.3) is 0 Å². The third kappa shape index (κ3) is 3.00. The van der Waals surface area contributed by atoms with E-state index in [1.54, 1.807) is 19.1 Å². The zero-order valence-corrected chi connectivity index (χ0v) is 11.5. The van der Waals surface area contributed by atoms with E-state index in [2.05, 4.69) is 0 Å². The number of benzene rings is 2. The third-order valence-electron chi connectivity index (χ3n) is 3.12. The van der Waals surface area contributed by atoms with E-state index in [0.717, 1.165) is 12.1 Å². The number of rotatable bonds is 2. The zero-order chi connectivity index (χ0) is 15.6. The Balaban J connectivity index is 2.58. The molecular weight excluding hydrogens is 279 g/mol. The summed E-state index contributed by atoms with van der Waals surface area (Å²) in [5.74, 6) is 0.438. The maximum Gasteiger partial charge on any atom is 0.416 e. The van der Waals surface area contributed by atoms with E-state index >= 15 is 0 Å². The fourth-order valence-electron chi connectivity index (χ4n) is 2.17. The van der Waals surface area contributed by atoms with Gasteiger partial charge in [0.05, 0.1) is 18.2 Å². The topological polar surface area (TPSA) is 33.0 Å². The largest absolute Gasteiger partial charge is 0.495 e. The van der Waals surface area contributed by atoms with Crippen molar-refractivity contribution in [2.75, 3.05) is 7.11 Å². The summed E-state index contributed by atoms with van der Waals surface area (Å²) in [6.45, 7) is 1.75. The van der Waals surface area contributed by atoms with E-state index in [0.29, 0.717) is 28.0 Å². The summed E-state index contributed by atoms with van der Waals surface area (Å²) in [6, 6.07) is 10.3.